The second kappa shape index (κ2) is 6.79. The number of hydrogen-bond donors (Lipinski definition) is 1. The molecule has 8 heteroatoms. The molecular formula is C17H22N6O2. The molecule has 0 bridgehead atoms. The lowest BCUT2D eigenvalue weighted by atomic mass is 9.93. The molecule has 25 heavy (non-hydrogen) atoms. The van der Waals surface area contributed by atoms with Crippen LogP contribution in [0.25, 0.3) is 0 Å². The van der Waals surface area contributed by atoms with Gasteiger partial charge in [0.15, 0.2) is 5.82 Å². The van der Waals surface area contributed by atoms with Crippen LogP contribution in [-0.2, 0) is 11.8 Å². The van der Waals surface area contributed by atoms with Crippen LogP contribution in [0.5, 0.6) is 0 Å². The molecule has 8 nitrogen and oxygen atoms in total. The topological polar surface area (TPSA) is 85.2 Å². The highest BCUT2D eigenvalue weighted by atomic mass is 16.5. The van der Waals surface area contributed by atoms with Gasteiger partial charge in [-0.25, -0.2) is 9.97 Å². The molecular weight excluding hydrogens is 320 g/mol. The standard InChI is InChI=1S/C17H22N6O2/c1-22-8-6-13(21-22)17(24)23-9-10-25-11-14(23)16-18-7-5-15(20-16)19-12-3-2-4-12/h5-8,12,14H,2-4,9-11H2,1H3,(H,18,19,20)/t14-/m1/s1. The van der Waals surface area contributed by atoms with Gasteiger partial charge < -0.3 is 15.0 Å². The zero-order chi connectivity index (χ0) is 17.2. The number of rotatable bonds is 4. The minimum atomic E-state index is -0.300. The average molecular weight is 342 g/mol. The number of anilines is 1. The van der Waals surface area contributed by atoms with Gasteiger partial charge in [0.2, 0.25) is 0 Å². The van der Waals surface area contributed by atoms with Crippen molar-refractivity contribution in [2.75, 3.05) is 25.1 Å². The molecule has 0 aromatic carbocycles. The maximum Gasteiger partial charge on any atom is 0.275 e. The summed E-state index contributed by atoms with van der Waals surface area (Å²) >= 11 is 0. The first-order chi connectivity index (χ1) is 12.2. The molecule has 1 aliphatic carbocycles. The van der Waals surface area contributed by atoms with Crippen LogP contribution in [-0.4, -0.2) is 56.4 Å². The predicted molar refractivity (Wildman–Crippen MR) is 91.1 cm³/mol. The third kappa shape index (κ3) is 3.34. The monoisotopic (exact) mass is 342 g/mol. The van der Waals surface area contributed by atoms with E-state index in [2.05, 4.69) is 20.4 Å². The Labute approximate surface area is 146 Å². The van der Waals surface area contributed by atoms with Crippen LogP contribution in [0.2, 0.25) is 0 Å². The summed E-state index contributed by atoms with van der Waals surface area (Å²) in [6, 6.07) is 3.80. The highest BCUT2D eigenvalue weighted by molar-refractivity contribution is 5.92. The van der Waals surface area contributed by atoms with E-state index >= 15 is 0 Å². The third-order valence-corrected chi connectivity index (χ3v) is 4.75. The summed E-state index contributed by atoms with van der Waals surface area (Å²) in [4.78, 5) is 23.6. The van der Waals surface area contributed by atoms with Crippen LogP contribution >= 0.6 is 0 Å². The molecule has 0 radical (unpaired) electrons. The maximum atomic E-state index is 12.8. The second-order valence-electron chi connectivity index (χ2n) is 6.54. The Bertz CT molecular complexity index is 757. The molecule has 1 aliphatic heterocycles. The van der Waals surface area contributed by atoms with Crippen molar-refractivity contribution in [3.8, 4) is 0 Å². The van der Waals surface area contributed by atoms with Crippen LogP contribution in [0.4, 0.5) is 5.82 Å². The highest BCUT2D eigenvalue weighted by Gasteiger charge is 2.32. The Kier molecular flexibility index (Phi) is 4.35. The van der Waals surface area contributed by atoms with Crippen molar-refractivity contribution in [2.24, 2.45) is 7.05 Å². The number of morpholine rings is 1. The van der Waals surface area contributed by atoms with Gasteiger partial charge in [-0.3, -0.25) is 9.48 Å². The molecule has 2 aliphatic rings. The van der Waals surface area contributed by atoms with Crippen molar-refractivity contribution >= 4 is 11.7 Å². The Balaban J connectivity index is 1.56. The highest BCUT2D eigenvalue weighted by Crippen LogP contribution is 2.26. The fraction of sp³-hybridized carbons (Fsp3) is 0.529. The second-order valence-corrected chi connectivity index (χ2v) is 6.54. The summed E-state index contributed by atoms with van der Waals surface area (Å²) in [5, 5.41) is 7.65. The molecule has 1 amide bonds. The van der Waals surface area contributed by atoms with E-state index in [-0.39, 0.29) is 11.9 Å². The van der Waals surface area contributed by atoms with Gasteiger partial charge in [0, 0.05) is 32.0 Å². The van der Waals surface area contributed by atoms with Gasteiger partial charge in [0.25, 0.3) is 5.91 Å². The zero-order valence-corrected chi connectivity index (χ0v) is 14.3. The quantitative estimate of drug-likeness (QED) is 0.904. The molecule has 1 saturated heterocycles. The Morgan fingerprint density at radius 3 is 2.96 bits per heavy atom. The summed E-state index contributed by atoms with van der Waals surface area (Å²) in [7, 11) is 1.80. The molecule has 0 spiro atoms. The van der Waals surface area contributed by atoms with Crippen LogP contribution < -0.4 is 5.32 Å². The molecule has 1 saturated carbocycles. The summed E-state index contributed by atoms with van der Waals surface area (Å²) < 4.78 is 7.22. The Morgan fingerprint density at radius 1 is 1.36 bits per heavy atom. The van der Waals surface area contributed by atoms with E-state index < -0.39 is 0 Å². The van der Waals surface area contributed by atoms with Gasteiger partial charge in [-0.05, 0) is 31.4 Å². The van der Waals surface area contributed by atoms with Gasteiger partial charge in [0.05, 0.1) is 13.2 Å². The van der Waals surface area contributed by atoms with E-state index in [0.29, 0.717) is 37.3 Å². The molecule has 2 fully saturated rings. The zero-order valence-electron chi connectivity index (χ0n) is 14.3. The minimum Gasteiger partial charge on any atom is -0.377 e. The number of ether oxygens (including phenoxy) is 1. The summed E-state index contributed by atoms with van der Waals surface area (Å²) in [6.07, 6.45) is 7.12. The van der Waals surface area contributed by atoms with Crippen LogP contribution in [0.1, 0.15) is 41.6 Å². The van der Waals surface area contributed by atoms with Crippen molar-refractivity contribution in [1.29, 1.82) is 0 Å². The summed E-state index contributed by atoms with van der Waals surface area (Å²) in [5.41, 5.74) is 0.429. The fourth-order valence-electron chi connectivity index (χ4n) is 3.11. The van der Waals surface area contributed by atoms with E-state index in [9.17, 15) is 4.79 Å². The normalized spacial score (nSPS) is 21.0. The Hall–Kier alpha value is -2.48. The maximum absolute atomic E-state index is 12.8. The van der Waals surface area contributed by atoms with E-state index in [1.54, 1.807) is 35.1 Å². The van der Waals surface area contributed by atoms with Gasteiger partial charge >= 0.3 is 0 Å². The minimum absolute atomic E-state index is 0.116. The molecule has 1 atom stereocenters. The van der Waals surface area contributed by atoms with Crippen molar-refractivity contribution in [2.45, 2.75) is 31.3 Å². The largest absolute Gasteiger partial charge is 0.377 e. The predicted octanol–water partition coefficient (Wildman–Crippen LogP) is 1.39. The smallest absolute Gasteiger partial charge is 0.275 e. The van der Waals surface area contributed by atoms with Crippen LogP contribution in [0, 0.1) is 0 Å². The number of amides is 1. The Morgan fingerprint density at radius 2 is 2.24 bits per heavy atom. The summed E-state index contributed by atoms with van der Waals surface area (Å²) in [6.45, 7) is 1.41. The molecule has 4 rings (SSSR count). The molecule has 1 N–H and O–H groups in total. The van der Waals surface area contributed by atoms with Crippen LogP contribution in [0.3, 0.4) is 0 Å². The van der Waals surface area contributed by atoms with E-state index in [1.807, 2.05) is 6.07 Å². The first-order valence-electron chi connectivity index (χ1n) is 8.68. The van der Waals surface area contributed by atoms with Gasteiger partial charge in [-0.15, -0.1) is 0 Å². The lowest BCUT2D eigenvalue weighted by Gasteiger charge is -2.34. The van der Waals surface area contributed by atoms with E-state index in [4.69, 9.17) is 4.74 Å². The number of nitrogens with one attached hydrogen (secondary N) is 1. The molecule has 2 aromatic rings. The first kappa shape index (κ1) is 16.0. The first-order valence-corrected chi connectivity index (χ1v) is 8.68. The number of carbonyl (C=O) groups excluding carboxylic acids is 1. The van der Waals surface area contributed by atoms with Crippen LogP contribution in [0.15, 0.2) is 24.5 Å². The lowest BCUT2D eigenvalue weighted by Crippen LogP contribution is -2.44. The molecule has 3 heterocycles. The number of hydrogen-bond acceptors (Lipinski definition) is 6. The lowest BCUT2D eigenvalue weighted by molar-refractivity contribution is -0.00553. The van der Waals surface area contributed by atoms with Gasteiger partial charge in [0.1, 0.15) is 17.6 Å². The number of carbonyl (C=O) groups is 1. The van der Waals surface area contributed by atoms with Crippen molar-refractivity contribution < 1.29 is 9.53 Å². The third-order valence-electron chi connectivity index (χ3n) is 4.75. The molecule has 132 valence electrons. The SMILES string of the molecule is Cn1ccc(C(=O)N2CCOC[C@@H]2c2nccc(NC3CCC3)n2)n1. The van der Waals surface area contributed by atoms with Crippen molar-refractivity contribution in [3.05, 3.63) is 36.0 Å². The number of aromatic nitrogens is 4. The van der Waals surface area contributed by atoms with Crippen molar-refractivity contribution in [3.63, 3.8) is 0 Å². The van der Waals surface area contributed by atoms with Gasteiger partial charge in [-0.1, -0.05) is 0 Å². The summed E-state index contributed by atoms with van der Waals surface area (Å²) in [5.74, 6) is 1.30. The molecule has 2 aromatic heterocycles. The molecule has 0 unspecified atom stereocenters. The van der Waals surface area contributed by atoms with E-state index in [0.717, 1.165) is 5.82 Å². The van der Waals surface area contributed by atoms with E-state index in [1.165, 1.54) is 19.3 Å². The number of nitrogens with zero attached hydrogens (tertiary/aromatic N) is 5. The number of aryl methyl sites for hydroxylation is 1. The van der Waals surface area contributed by atoms with Crippen molar-refractivity contribution in [1.82, 2.24) is 24.6 Å². The fourth-order valence-corrected chi connectivity index (χ4v) is 3.11. The average Bonchev–Trinajstić information content (AvgIpc) is 3.04. The van der Waals surface area contributed by atoms with Gasteiger partial charge in [-0.2, -0.15) is 5.10 Å².